The zero-order valence-corrected chi connectivity index (χ0v) is 26.3. The first-order valence-corrected chi connectivity index (χ1v) is 14.6. The van der Waals surface area contributed by atoms with Gasteiger partial charge >= 0.3 is 5.97 Å². The first-order chi connectivity index (χ1) is 19.2. The topological polar surface area (TPSA) is 83.5 Å². The molecule has 1 amide bonds. The van der Waals surface area contributed by atoms with Crippen molar-refractivity contribution < 1.29 is 14.3 Å². The molecule has 0 aliphatic carbocycles. The monoisotopic (exact) mass is 741 g/mol. The molecule has 200 valence electrons. The maximum absolute atomic E-state index is 13.4. The van der Waals surface area contributed by atoms with Crippen LogP contribution >= 0.6 is 59.4 Å². The number of aryl methyl sites for hydroxylation is 1. The van der Waals surface area contributed by atoms with Crippen LogP contribution in [0.25, 0.3) is 22.0 Å². The Kier molecular flexibility index (Phi) is 8.56. The highest BCUT2D eigenvalue weighted by Gasteiger charge is 2.21. The first-order valence-electron chi connectivity index (χ1n) is 11.9. The van der Waals surface area contributed by atoms with Gasteiger partial charge in [-0.15, -0.1) is 0 Å². The van der Waals surface area contributed by atoms with Crippen LogP contribution in [0.4, 0.5) is 0 Å². The number of hydrazone groups is 1. The Labute approximate surface area is 260 Å². The predicted molar refractivity (Wildman–Crippen MR) is 169 cm³/mol. The Morgan fingerprint density at radius 3 is 2.45 bits per heavy atom. The van der Waals surface area contributed by atoms with E-state index in [2.05, 4.69) is 63.3 Å². The minimum Gasteiger partial charge on any atom is -0.421 e. The first kappa shape index (κ1) is 28.3. The van der Waals surface area contributed by atoms with Crippen LogP contribution < -0.4 is 10.2 Å². The average molecular weight is 745 g/mol. The van der Waals surface area contributed by atoms with Crippen molar-refractivity contribution in [2.24, 2.45) is 5.10 Å². The van der Waals surface area contributed by atoms with Gasteiger partial charge in [0, 0.05) is 25.5 Å². The van der Waals surface area contributed by atoms with Crippen LogP contribution in [-0.4, -0.2) is 23.1 Å². The second-order valence-corrected chi connectivity index (χ2v) is 11.9. The van der Waals surface area contributed by atoms with Crippen molar-refractivity contribution in [2.75, 3.05) is 0 Å². The van der Waals surface area contributed by atoms with Crippen LogP contribution in [-0.2, 0) is 0 Å². The summed E-state index contributed by atoms with van der Waals surface area (Å²) in [5, 5.41) is 5.45. The highest BCUT2D eigenvalue weighted by molar-refractivity contribution is 9.11. The van der Waals surface area contributed by atoms with E-state index in [0.29, 0.717) is 37.4 Å². The average Bonchev–Trinajstić information content (AvgIpc) is 3.30. The maximum Gasteiger partial charge on any atom is 0.343 e. The summed E-state index contributed by atoms with van der Waals surface area (Å²) in [6, 6.07) is 23.8. The lowest BCUT2D eigenvalue weighted by Crippen LogP contribution is -2.19. The number of esters is 1. The number of aromatic nitrogens is 1. The number of H-pyrrole nitrogens is 1. The number of benzene rings is 4. The van der Waals surface area contributed by atoms with E-state index in [1.807, 2.05) is 49.4 Å². The van der Waals surface area contributed by atoms with E-state index < -0.39 is 11.9 Å². The van der Waals surface area contributed by atoms with Gasteiger partial charge in [0.15, 0.2) is 5.75 Å². The Morgan fingerprint density at radius 2 is 1.70 bits per heavy atom. The molecule has 5 aromatic rings. The summed E-state index contributed by atoms with van der Waals surface area (Å²) in [5.74, 6) is -0.718. The van der Waals surface area contributed by atoms with Crippen LogP contribution in [0.1, 0.15) is 32.0 Å². The summed E-state index contributed by atoms with van der Waals surface area (Å²) in [5.41, 5.74) is 6.90. The van der Waals surface area contributed by atoms with Gasteiger partial charge in [-0.2, -0.15) is 5.10 Å². The van der Waals surface area contributed by atoms with E-state index in [1.165, 1.54) is 6.21 Å². The lowest BCUT2D eigenvalue weighted by Gasteiger charge is -2.11. The summed E-state index contributed by atoms with van der Waals surface area (Å²) in [6.07, 6.45) is 1.42. The van der Waals surface area contributed by atoms with Gasteiger partial charge in [0.05, 0.1) is 26.8 Å². The van der Waals surface area contributed by atoms with E-state index in [-0.39, 0.29) is 5.75 Å². The van der Waals surface area contributed by atoms with Gasteiger partial charge in [-0.25, -0.2) is 10.2 Å². The summed E-state index contributed by atoms with van der Waals surface area (Å²) in [4.78, 5) is 29.4. The number of rotatable bonds is 6. The summed E-state index contributed by atoms with van der Waals surface area (Å²) >= 11 is 16.9. The molecule has 10 heteroatoms. The van der Waals surface area contributed by atoms with Crippen LogP contribution in [0, 0.1) is 6.92 Å². The molecule has 5 rings (SSSR count). The van der Waals surface area contributed by atoms with Crippen molar-refractivity contribution in [2.45, 2.75) is 6.92 Å². The molecule has 0 spiro atoms. The normalized spacial score (nSPS) is 11.2. The molecule has 0 aliphatic rings. The van der Waals surface area contributed by atoms with Crippen molar-refractivity contribution in [3.8, 4) is 16.9 Å². The van der Waals surface area contributed by atoms with Gasteiger partial charge in [-0.3, -0.25) is 4.79 Å². The number of amides is 1. The Balaban J connectivity index is 1.46. The Bertz CT molecular complexity index is 1800. The number of hydrogen-bond acceptors (Lipinski definition) is 4. The zero-order valence-electron chi connectivity index (χ0n) is 20.8. The zero-order chi connectivity index (χ0) is 28.4. The molecule has 4 aromatic carbocycles. The Hall–Kier alpha value is -3.24. The molecule has 0 atom stereocenters. The molecule has 1 heterocycles. The molecule has 40 heavy (non-hydrogen) atoms. The molecular formula is C30H19Br3ClN3O3. The van der Waals surface area contributed by atoms with E-state index >= 15 is 0 Å². The van der Waals surface area contributed by atoms with Gasteiger partial charge in [-0.05, 0) is 64.8 Å². The molecule has 6 nitrogen and oxygen atoms in total. The maximum atomic E-state index is 13.4. The highest BCUT2D eigenvalue weighted by Crippen LogP contribution is 2.38. The van der Waals surface area contributed by atoms with E-state index in [0.717, 1.165) is 25.5 Å². The summed E-state index contributed by atoms with van der Waals surface area (Å²) in [7, 11) is 0. The van der Waals surface area contributed by atoms with Gasteiger partial charge in [-0.1, -0.05) is 91.5 Å². The lowest BCUT2D eigenvalue weighted by molar-refractivity contribution is 0.0732. The molecular weight excluding hydrogens is 726 g/mol. The van der Waals surface area contributed by atoms with Gasteiger partial charge in [0.2, 0.25) is 0 Å². The van der Waals surface area contributed by atoms with Crippen LogP contribution in [0.15, 0.2) is 97.4 Å². The molecule has 0 fully saturated rings. The highest BCUT2D eigenvalue weighted by atomic mass is 79.9. The minimum absolute atomic E-state index is 0.264. The van der Waals surface area contributed by atoms with Gasteiger partial charge in [0.1, 0.15) is 5.69 Å². The third kappa shape index (κ3) is 6.07. The fourth-order valence-corrected chi connectivity index (χ4v) is 6.41. The van der Waals surface area contributed by atoms with Crippen molar-refractivity contribution in [1.29, 1.82) is 0 Å². The molecule has 1 aromatic heterocycles. The van der Waals surface area contributed by atoms with Gasteiger partial charge in [0.25, 0.3) is 5.91 Å². The lowest BCUT2D eigenvalue weighted by atomic mass is 10.0. The van der Waals surface area contributed by atoms with Crippen molar-refractivity contribution in [3.05, 3.63) is 120 Å². The molecule has 0 aliphatic heterocycles. The molecule has 0 saturated carbocycles. The molecule has 0 bridgehead atoms. The number of carbonyl (C=O) groups is 2. The molecule has 0 radical (unpaired) electrons. The van der Waals surface area contributed by atoms with Crippen molar-refractivity contribution in [3.63, 3.8) is 0 Å². The van der Waals surface area contributed by atoms with E-state index in [4.69, 9.17) is 16.3 Å². The molecule has 2 N–H and O–H groups in total. The standard InChI is InChI=1S/C30H19Br3ClN3O3/c1-16-6-5-9-18(10-16)30(39)40-28-19(11-20(31)13-23(28)33)15-35-37-29(38)27-25(17-7-3-2-4-8-17)22-12-21(32)14-24(34)26(22)36-27/h2-15,36H,1H3,(H,37,38). The molecule has 0 saturated heterocycles. The largest absolute Gasteiger partial charge is 0.421 e. The fraction of sp³-hybridized carbons (Fsp3) is 0.0333. The van der Waals surface area contributed by atoms with Gasteiger partial charge < -0.3 is 9.72 Å². The summed E-state index contributed by atoms with van der Waals surface area (Å²) < 4.78 is 7.78. The van der Waals surface area contributed by atoms with E-state index in [9.17, 15) is 9.59 Å². The number of ether oxygens (including phenoxy) is 1. The van der Waals surface area contributed by atoms with Crippen molar-refractivity contribution in [1.82, 2.24) is 10.4 Å². The number of nitrogens with one attached hydrogen (secondary N) is 2. The third-order valence-electron chi connectivity index (χ3n) is 5.97. The smallest absolute Gasteiger partial charge is 0.343 e. The molecule has 0 unspecified atom stereocenters. The van der Waals surface area contributed by atoms with E-state index in [1.54, 1.807) is 36.4 Å². The number of fused-ring (bicyclic) bond motifs is 1. The number of hydrogen-bond donors (Lipinski definition) is 2. The van der Waals surface area contributed by atoms with Crippen LogP contribution in [0.2, 0.25) is 5.02 Å². The Morgan fingerprint density at radius 1 is 0.950 bits per heavy atom. The van der Waals surface area contributed by atoms with Crippen LogP contribution in [0.3, 0.4) is 0 Å². The number of halogens is 4. The SMILES string of the molecule is Cc1cccc(C(=O)Oc2c(Br)cc(Br)cc2C=NNC(=O)c2[nH]c3c(Cl)cc(Br)cc3c2-c2ccccc2)c1. The number of nitrogens with zero attached hydrogens (tertiary/aromatic N) is 1. The number of carbonyl (C=O) groups excluding carboxylic acids is 2. The second-order valence-electron chi connectivity index (χ2n) is 8.82. The van der Waals surface area contributed by atoms with Crippen molar-refractivity contribution >= 4 is 88.4 Å². The quantitative estimate of drug-likeness (QED) is 0.0788. The summed E-state index contributed by atoms with van der Waals surface area (Å²) in [6.45, 7) is 1.90. The fourth-order valence-electron chi connectivity index (χ4n) is 4.22. The predicted octanol–water partition coefficient (Wildman–Crippen LogP) is 9.07. The minimum atomic E-state index is -0.515. The second kappa shape index (κ2) is 12.1. The third-order valence-corrected chi connectivity index (χ3v) is 7.77. The van der Waals surface area contributed by atoms with Crippen LogP contribution in [0.5, 0.6) is 5.75 Å². The number of aromatic amines is 1.